The van der Waals surface area contributed by atoms with Crippen LogP contribution in [0.3, 0.4) is 0 Å². The topological polar surface area (TPSA) is 39.7 Å². The van der Waals surface area contributed by atoms with E-state index in [9.17, 15) is 0 Å². The molecule has 0 bridgehead atoms. The molecular formula is C15H25NO3. The van der Waals surface area contributed by atoms with Crippen LogP contribution in [-0.4, -0.2) is 39.5 Å². The Labute approximate surface area is 116 Å². The molecule has 0 amide bonds. The second kappa shape index (κ2) is 9.64. The molecule has 1 atom stereocenters. The van der Waals surface area contributed by atoms with E-state index in [1.54, 1.807) is 7.11 Å². The summed E-state index contributed by atoms with van der Waals surface area (Å²) in [6, 6.07) is 8.13. The molecule has 0 heterocycles. The van der Waals surface area contributed by atoms with Crippen molar-refractivity contribution in [1.82, 2.24) is 5.32 Å². The lowest BCUT2D eigenvalue weighted by Gasteiger charge is -2.11. The molecule has 19 heavy (non-hydrogen) atoms. The summed E-state index contributed by atoms with van der Waals surface area (Å²) in [6.07, 6.45) is 1.14. The Kier molecular flexibility index (Phi) is 8.02. The third-order valence-electron chi connectivity index (χ3n) is 2.89. The van der Waals surface area contributed by atoms with Gasteiger partial charge in [-0.25, -0.2) is 0 Å². The number of methoxy groups -OCH3 is 1. The highest BCUT2D eigenvalue weighted by Crippen LogP contribution is 2.18. The number of hydrogen-bond donors (Lipinski definition) is 1. The molecule has 0 aliphatic carbocycles. The summed E-state index contributed by atoms with van der Waals surface area (Å²) < 4.78 is 16.2. The summed E-state index contributed by atoms with van der Waals surface area (Å²) >= 11 is 0. The molecular weight excluding hydrogens is 242 g/mol. The molecule has 0 aromatic heterocycles. The van der Waals surface area contributed by atoms with Crippen molar-refractivity contribution in [2.24, 2.45) is 0 Å². The molecule has 1 aromatic carbocycles. The summed E-state index contributed by atoms with van der Waals surface area (Å²) in [7, 11) is 1.65. The van der Waals surface area contributed by atoms with Crippen molar-refractivity contribution in [3.63, 3.8) is 0 Å². The highest BCUT2D eigenvalue weighted by atomic mass is 16.5. The van der Waals surface area contributed by atoms with E-state index >= 15 is 0 Å². The standard InChI is InChI=1S/C15H25NO3/c1-4-13(2)16-8-9-18-10-11-19-15-7-5-6-14(12-15)17-3/h5-7,12-13,16H,4,8-11H2,1-3H3/t13-/m0/s1. The molecule has 0 aliphatic rings. The van der Waals surface area contributed by atoms with Gasteiger partial charge in [-0.3, -0.25) is 0 Å². The van der Waals surface area contributed by atoms with Crippen molar-refractivity contribution in [2.75, 3.05) is 33.5 Å². The summed E-state index contributed by atoms with van der Waals surface area (Å²) in [5.74, 6) is 1.61. The van der Waals surface area contributed by atoms with Gasteiger partial charge in [0.1, 0.15) is 18.1 Å². The van der Waals surface area contributed by atoms with E-state index in [0.717, 1.165) is 24.5 Å². The van der Waals surface area contributed by atoms with Crippen molar-refractivity contribution in [3.8, 4) is 11.5 Å². The highest BCUT2D eigenvalue weighted by Gasteiger charge is 1.98. The van der Waals surface area contributed by atoms with Crippen LogP contribution in [-0.2, 0) is 4.74 Å². The first-order valence-electron chi connectivity index (χ1n) is 6.84. The predicted molar refractivity (Wildman–Crippen MR) is 77.1 cm³/mol. The van der Waals surface area contributed by atoms with Crippen molar-refractivity contribution in [1.29, 1.82) is 0 Å². The van der Waals surface area contributed by atoms with Crippen LogP contribution >= 0.6 is 0 Å². The maximum atomic E-state index is 5.57. The smallest absolute Gasteiger partial charge is 0.123 e. The molecule has 1 aromatic rings. The fourth-order valence-corrected chi connectivity index (χ4v) is 1.53. The summed E-state index contributed by atoms with van der Waals surface area (Å²) in [6.45, 7) is 7.09. The van der Waals surface area contributed by atoms with Crippen molar-refractivity contribution in [2.45, 2.75) is 26.3 Å². The van der Waals surface area contributed by atoms with Crippen LogP contribution in [0.5, 0.6) is 11.5 Å². The largest absolute Gasteiger partial charge is 0.497 e. The first kappa shape index (κ1) is 15.8. The lowest BCUT2D eigenvalue weighted by atomic mass is 10.3. The molecule has 0 aliphatic heterocycles. The SMILES string of the molecule is CC[C@H](C)NCCOCCOc1cccc(OC)c1. The normalized spacial score (nSPS) is 12.2. The van der Waals surface area contributed by atoms with Crippen molar-refractivity contribution >= 4 is 0 Å². The molecule has 1 rings (SSSR count). The molecule has 0 unspecified atom stereocenters. The zero-order valence-corrected chi connectivity index (χ0v) is 12.1. The minimum Gasteiger partial charge on any atom is -0.497 e. The van der Waals surface area contributed by atoms with Crippen molar-refractivity contribution < 1.29 is 14.2 Å². The Morgan fingerprint density at radius 2 is 1.95 bits per heavy atom. The van der Waals surface area contributed by atoms with Crippen molar-refractivity contribution in [3.05, 3.63) is 24.3 Å². The van der Waals surface area contributed by atoms with Gasteiger partial charge in [0.15, 0.2) is 0 Å². The number of rotatable bonds is 10. The molecule has 0 radical (unpaired) electrons. The van der Waals surface area contributed by atoms with Gasteiger partial charge in [-0.2, -0.15) is 0 Å². The van der Waals surface area contributed by atoms with Gasteiger partial charge >= 0.3 is 0 Å². The average molecular weight is 267 g/mol. The molecule has 0 fully saturated rings. The van der Waals surface area contributed by atoms with Crippen LogP contribution in [0.2, 0.25) is 0 Å². The highest BCUT2D eigenvalue weighted by molar-refractivity contribution is 5.32. The van der Waals surface area contributed by atoms with E-state index in [0.29, 0.717) is 25.9 Å². The third-order valence-corrected chi connectivity index (χ3v) is 2.89. The average Bonchev–Trinajstić information content (AvgIpc) is 2.46. The van der Waals surface area contributed by atoms with Gasteiger partial charge in [0.25, 0.3) is 0 Å². The van der Waals surface area contributed by atoms with Gasteiger partial charge < -0.3 is 19.5 Å². The Hall–Kier alpha value is -1.26. The van der Waals surface area contributed by atoms with Gasteiger partial charge in [0.2, 0.25) is 0 Å². The first-order chi connectivity index (χ1) is 9.26. The molecule has 4 heteroatoms. The Bertz CT molecular complexity index is 344. The van der Waals surface area contributed by atoms with Gasteiger partial charge in [-0.15, -0.1) is 0 Å². The van der Waals surface area contributed by atoms with Gasteiger partial charge in [-0.1, -0.05) is 13.0 Å². The van der Waals surface area contributed by atoms with Crippen LogP contribution in [0.4, 0.5) is 0 Å². The zero-order chi connectivity index (χ0) is 13.9. The molecule has 108 valence electrons. The zero-order valence-electron chi connectivity index (χ0n) is 12.1. The lowest BCUT2D eigenvalue weighted by molar-refractivity contribution is 0.100. The predicted octanol–water partition coefficient (Wildman–Crippen LogP) is 2.48. The maximum absolute atomic E-state index is 5.57. The fourth-order valence-electron chi connectivity index (χ4n) is 1.53. The van der Waals surface area contributed by atoms with Crippen LogP contribution in [0.1, 0.15) is 20.3 Å². The van der Waals surface area contributed by atoms with Gasteiger partial charge in [-0.05, 0) is 25.5 Å². The minimum atomic E-state index is 0.552. The van der Waals surface area contributed by atoms with Gasteiger partial charge in [0, 0.05) is 18.7 Å². The Balaban J connectivity index is 2.04. The Morgan fingerprint density at radius 1 is 1.16 bits per heavy atom. The van der Waals surface area contributed by atoms with E-state index in [1.807, 2.05) is 24.3 Å². The molecule has 0 saturated carbocycles. The quantitative estimate of drug-likeness (QED) is 0.661. The summed E-state index contributed by atoms with van der Waals surface area (Å²) in [5, 5.41) is 3.37. The maximum Gasteiger partial charge on any atom is 0.123 e. The second-order valence-corrected chi connectivity index (χ2v) is 4.40. The van der Waals surface area contributed by atoms with E-state index < -0.39 is 0 Å². The van der Waals surface area contributed by atoms with Crippen LogP contribution in [0.25, 0.3) is 0 Å². The fraction of sp³-hybridized carbons (Fsp3) is 0.600. The number of hydrogen-bond acceptors (Lipinski definition) is 4. The van der Waals surface area contributed by atoms with Gasteiger partial charge in [0.05, 0.1) is 20.3 Å². The second-order valence-electron chi connectivity index (χ2n) is 4.40. The summed E-state index contributed by atoms with van der Waals surface area (Å²) in [5.41, 5.74) is 0. The van der Waals surface area contributed by atoms with Crippen LogP contribution in [0.15, 0.2) is 24.3 Å². The minimum absolute atomic E-state index is 0.552. The number of ether oxygens (including phenoxy) is 3. The third kappa shape index (κ3) is 7.03. The number of benzene rings is 1. The van der Waals surface area contributed by atoms with Crippen LogP contribution < -0.4 is 14.8 Å². The van der Waals surface area contributed by atoms with E-state index in [-0.39, 0.29) is 0 Å². The first-order valence-corrected chi connectivity index (χ1v) is 6.84. The molecule has 0 spiro atoms. The monoisotopic (exact) mass is 267 g/mol. The Morgan fingerprint density at radius 3 is 2.68 bits per heavy atom. The lowest BCUT2D eigenvalue weighted by Crippen LogP contribution is -2.29. The van der Waals surface area contributed by atoms with E-state index in [4.69, 9.17) is 14.2 Å². The van der Waals surface area contributed by atoms with Crippen LogP contribution in [0, 0.1) is 0 Å². The molecule has 0 saturated heterocycles. The molecule has 4 nitrogen and oxygen atoms in total. The molecule has 1 N–H and O–H groups in total. The number of nitrogens with one attached hydrogen (secondary N) is 1. The van der Waals surface area contributed by atoms with E-state index in [1.165, 1.54) is 0 Å². The van der Waals surface area contributed by atoms with E-state index in [2.05, 4.69) is 19.2 Å². The summed E-state index contributed by atoms with van der Waals surface area (Å²) in [4.78, 5) is 0.